The fourth-order valence-electron chi connectivity index (χ4n) is 1.67. The van der Waals surface area contributed by atoms with Crippen LogP contribution in [0.25, 0.3) is 11.1 Å². The second-order valence-corrected chi connectivity index (χ2v) is 5.04. The summed E-state index contributed by atoms with van der Waals surface area (Å²) in [6.45, 7) is 4.35. The van der Waals surface area contributed by atoms with Gasteiger partial charge in [-0.05, 0) is 23.6 Å². The third-order valence-electron chi connectivity index (χ3n) is 2.91. The standard InChI is InChI=1S/C12H14BrNO2/c1-3-7(2)11(13)8-4-5-9-10(6-8)16-12(15)14-9/h4-7,11H,3H2,1-2H3,(H,14,15). The second kappa shape index (κ2) is 4.45. The molecule has 0 saturated carbocycles. The molecule has 0 fully saturated rings. The molecule has 0 saturated heterocycles. The number of rotatable bonds is 3. The van der Waals surface area contributed by atoms with Crippen molar-refractivity contribution in [2.24, 2.45) is 5.92 Å². The monoisotopic (exact) mass is 283 g/mol. The number of halogens is 1. The van der Waals surface area contributed by atoms with Gasteiger partial charge < -0.3 is 4.42 Å². The third-order valence-corrected chi connectivity index (χ3v) is 4.34. The lowest BCUT2D eigenvalue weighted by Crippen LogP contribution is -2.01. The van der Waals surface area contributed by atoms with Crippen molar-refractivity contribution in [2.45, 2.75) is 25.1 Å². The van der Waals surface area contributed by atoms with E-state index in [2.05, 4.69) is 34.8 Å². The molecule has 1 aromatic heterocycles. The Balaban J connectivity index is 2.42. The highest BCUT2D eigenvalue weighted by atomic mass is 79.9. The first-order valence-electron chi connectivity index (χ1n) is 5.38. The molecule has 2 aromatic rings. The van der Waals surface area contributed by atoms with Gasteiger partial charge in [0.25, 0.3) is 0 Å². The number of H-pyrrole nitrogens is 1. The summed E-state index contributed by atoms with van der Waals surface area (Å²) < 4.78 is 5.04. The van der Waals surface area contributed by atoms with E-state index >= 15 is 0 Å². The molecule has 0 radical (unpaired) electrons. The Morgan fingerprint density at radius 3 is 2.94 bits per heavy atom. The zero-order valence-electron chi connectivity index (χ0n) is 9.29. The summed E-state index contributed by atoms with van der Waals surface area (Å²) in [6.07, 6.45) is 1.10. The molecule has 0 aliphatic rings. The molecule has 1 aromatic carbocycles. The summed E-state index contributed by atoms with van der Waals surface area (Å²) >= 11 is 3.67. The van der Waals surface area contributed by atoms with Gasteiger partial charge in [-0.3, -0.25) is 4.98 Å². The number of alkyl halides is 1. The number of nitrogens with one attached hydrogen (secondary N) is 1. The van der Waals surface area contributed by atoms with Crippen LogP contribution in [-0.2, 0) is 0 Å². The van der Waals surface area contributed by atoms with Crippen LogP contribution in [0, 0.1) is 5.92 Å². The predicted molar refractivity (Wildman–Crippen MR) is 68.0 cm³/mol. The topological polar surface area (TPSA) is 46.0 Å². The molecule has 4 heteroatoms. The van der Waals surface area contributed by atoms with E-state index in [-0.39, 0.29) is 0 Å². The highest BCUT2D eigenvalue weighted by Gasteiger charge is 2.15. The summed E-state index contributed by atoms with van der Waals surface area (Å²) in [5, 5.41) is 0. The van der Waals surface area contributed by atoms with E-state index in [0.717, 1.165) is 17.5 Å². The van der Waals surface area contributed by atoms with E-state index in [9.17, 15) is 4.79 Å². The molecule has 2 atom stereocenters. The van der Waals surface area contributed by atoms with Crippen LogP contribution in [0.5, 0.6) is 0 Å². The Morgan fingerprint density at radius 1 is 1.50 bits per heavy atom. The normalized spacial score (nSPS) is 15.2. The molecule has 0 bridgehead atoms. The molecular formula is C12H14BrNO2. The first-order valence-corrected chi connectivity index (χ1v) is 6.30. The fourth-order valence-corrected chi connectivity index (χ4v) is 2.33. The molecule has 0 aliphatic carbocycles. The van der Waals surface area contributed by atoms with Gasteiger partial charge in [0, 0.05) is 4.83 Å². The second-order valence-electron chi connectivity index (χ2n) is 4.06. The Bertz CT molecular complexity index is 543. The lowest BCUT2D eigenvalue weighted by atomic mass is 9.98. The van der Waals surface area contributed by atoms with Crippen LogP contribution < -0.4 is 5.76 Å². The maximum atomic E-state index is 11.0. The summed E-state index contributed by atoms with van der Waals surface area (Å²) in [4.78, 5) is 14.0. The molecule has 3 nitrogen and oxygen atoms in total. The van der Waals surface area contributed by atoms with Crippen LogP contribution in [0.1, 0.15) is 30.7 Å². The molecule has 2 rings (SSSR count). The summed E-state index contributed by atoms with van der Waals surface area (Å²) in [7, 11) is 0. The van der Waals surface area contributed by atoms with E-state index in [1.54, 1.807) is 0 Å². The quantitative estimate of drug-likeness (QED) is 0.875. The first-order chi connectivity index (χ1) is 7.61. The molecule has 0 amide bonds. The zero-order valence-corrected chi connectivity index (χ0v) is 10.9. The van der Waals surface area contributed by atoms with Crippen molar-refractivity contribution in [3.05, 3.63) is 34.3 Å². The van der Waals surface area contributed by atoms with Crippen molar-refractivity contribution in [1.82, 2.24) is 4.98 Å². The number of aromatic amines is 1. The number of hydrogen-bond acceptors (Lipinski definition) is 2. The molecule has 0 aliphatic heterocycles. The number of hydrogen-bond donors (Lipinski definition) is 1. The summed E-state index contributed by atoms with van der Waals surface area (Å²) in [6, 6.07) is 5.81. The highest BCUT2D eigenvalue weighted by molar-refractivity contribution is 9.09. The van der Waals surface area contributed by atoms with Crippen LogP contribution in [0.2, 0.25) is 0 Å². The van der Waals surface area contributed by atoms with Crippen molar-refractivity contribution in [2.75, 3.05) is 0 Å². The molecule has 1 heterocycles. The van der Waals surface area contributed by atoms with Gasteiger partial charge in [0.2, 0.25) is 0 Å². The predicted octanol–water partition coefficient (Wildman–Crippen LogP) is 3.60. The van der Waals surface area contributed by atoms with Crippen LogP contribution in [0.3, 0.4) is 0 Å². The van der Waals surface area contributed by atoms with Gasteiger partial charge in [-0.2, -0.15) is 0 Å². The lowest BCUT2D eigenvalue weighted by Gasteiger charge is -2.16. The van der Waals surface area contributed by atoms with Gasteiger partial charge in [-0.25, -0.2) is 4.79 Å². The minimum Gasteiger partial charge on any atom is -0.408 e. The largest absolute Gasteiger partial charge is 0.417 e. The maximum absolute atomic E-state index is 11.0. The smallest absolute Gasteiger partial charge is 0.408 e. The van der Waals surface area contributed by atoms with Crippen molar-refractivity contribution in [1.29, 1.82) is 0 Å². The minimum atomic E-state index is -0.401. The molecular weight excluding hydrogens is 270 g/mol. The Hall–Kier alpha value is -1.03. The first kappa shape index (κ1) is 11.5. The van der Waals surface area contributed by atoms with Crippen molar-refractivity contribution in [3.8, 4) is 0 Å². The molecule has 2 unspecified atom stereocenters. The van der Waals surface area contributed by atoms with Gasteiger partial charge in [0.15, 0.2) is 5.58 Å². The van der Waals surface area contributed by atoms with E-state index in [4.69, 9.17) is 4.42 Å². The van der Waals surface area contributed by atoms with E-state index < -0.39 is 5.76 Å². The number of benzene rings is 1. The number of aromatic nitrogens is 1. The third kappa shape index (κ3) is 2.07. The van der Waals surface area contributed by atoms with Crippen LogP contribution in [0.4, 0.5) is 0 Å². The van der Waals surface area contributed by atoms with Crippen LogP contribution >= 0.6 is 15.9 Å². The maximum Gasteiger partial charge on any atom is 0.417 e. The van der Waals surface area contributed by atoms with Crippen molar-refractivity contribution >= 4 is 27.0 Å². The SMILES string of the molecule is CCC(C)C(Br)c1ccc2[nH]c(=O)oc2c1. The molecule has 1 N–H and O–H groups in total. The van der Waals surface area contributed by atoms with E-state index in [1.165, 1.54) is 0 Å². The van der Waals surface area contributed by atoms with Crippen molar-refractivity contribution in [3.63, 3.8) is 0 Å². The average molecular weight is 284 g/mol. The Labute approximate surface area is 102 Å². The average Bonchev–Trinajstić information content (AvgIpc) is 2.65. The van der Waals surface area contributed by atoms with Gasteiger partial charge in [-0.1, -0.05) is 42.3 Å². The number of fused-ring (bicyclic) bond motifs is 1. The summed E-state index contributed by atoms with van der Waals surface area (Å²) in [5.41, 5.74) is 2.51. The van der Waals surface area contributed by atoms with Gasteiger partial charge in [0.1, 0.15) is 0 Å². The van der Waals surface area contributed by atoms with E-state index in [0.29, 0.717) is 16.3 Å². The van der Waals surface area contributed by atoms with Crippen molar-refractivity contribution < 1.29 is 4.42 Å². The molecule has 86 valence electrons. The van der Waals surface area contributed by atoms with Gasteiger partial charge in [-0.15, -0.1) is 0 Å². The highest BCUT2D eigenvalue weighted by Crippen LogP contribution is 2.33. The Kier molecular flexibility index (Phi) is 3.19. The molecule has 16 heavy (non-hydrogen) atoms. The minimum absolute atomic E-state index is 0.294. The van der Waals surface area contributed by atoms with Crippen LogP contribution in [-0.4, -0.2) is 4.98 Å². The van der Waals surface area contributed by atoms with Gasteiger partial charge >= 0.3 is 5.76 Å². The fraction of sp³-hybridized carbons (Fsp3) is 0.417. The van der Waals surface area contributed by atoms with Gasteiger partial charge in [0.05, 0.1) is 5.52 Å². The van der Waals surface area contributed by atoms with Crippen LogP contribution in [0.15, 0.2) is 27.4 Å². The molecule has 0 spiro atoms. The number of oxazole rings is 1. The lowest BCUT2D eigenvalue weighted by molar-refractivity contribution is 0.547. The van der Waals surface area contributed by atoms with E-state index in [1.807, 2.05) is 18.2 Å². The zero-order chi connectivity index (χ0) is 11.7. The summed E-state index contributed by atoms with van der Waals surface area (Å²) in [5.74, 6) is 0.143. The Morgan fingerprint density at radius 2 is 2.25 bits per heavy atom.